The van der Waals surface area contributed by atoms with Gasteiger partial charge in [0.2, 0.25) is 5.95 Å². The maximum absolute atomic E-state index is 13.7. The number of fused-ring (bicyclic) bond motifs is 1. The van der Waals surface area contributed by atoms with Crippen molar-refractivity contribution in [1.29, 1.82) is 0 Å². The first-order chi connectivity index (χ1) is 17.5. The highest BCUT2D eigenvalue weighted by atomic mass is 31.2. The molecule has 198 valence electrons. The first kappa shape index (κ1) is 26.6. The molecule has 1 aliphatic rings. The molecule has 0 radical (unpaired) electrons. The van der Waals surface area contributed by atoms with Gasteiger partial charge in [-0.3, -0.25) is 23.7 Å². The molecule has 37 heavy (non-hydrogen) atoms. The van der Waals surface area contributed by atoms with Crippen LogP contribution in [-0.2, 0) is 13.9 Å². The molecule has 13 nitrogen and oxygen atoms in total. The third-order valence-corrected chi connectivity index (χ3v) is 7.48. The number of hydrogen-bond acceptors (Lipinski definition) is 9. The lowest BCUT2D eigenvalue weighted by Gasteiger charge is -2.25. The minimum Gasteiger partial charge on any atom is -0.480 e. The zero-order valence-electron chi connectivity index (χ0n) is 20.3. The molecule has 1 aromatic carbocycles. The van der Waals surface area contributed by atoms with E-state index in [1.54, 1.807) is 36.5 Å². The number of aromatic amines is 1. The molecule has 0 unspecified atom stereocenters. The fourth-order valence-electron chi connectivity index (χ4n) is 3.84. The summed E-state index contributed by atoms with van der Waals surface area (Å²) in [5, 5.41) is 22.4. The van der Waals surface area contributed by atoms with Gasteiger partial charge >= 0.3 is 13.7 Å². The fraction of sp³-hybridized carbons (Fsp3) is 0.391. The first-order valence-corrected chi connectivity index (χ1v) is 13.1. The molecule has 2 heterocycles. The van der Waals surface area contributed by atoms with Crippen molar-refractivity contribution in [3.8, 4) is 5.75 Å². The van der Waals surface area contributed by atoms with Crippen molar-refractivity contribution >= 4 is 37.0 Å². The second-order valence-corrected chi connectivity index (χ2v) is 11.1. The standard InChI is InChI=1S/C23H29N6O7P/c1-14(2)8-17(21(32)33)28-37(34,36-16-6-4-3-5-7-16)35-12-23(11-30)9-15(23)10-29-13-25-18-19(29)26-22(24)27-20(18)31/h3-7,10,13-14,17,30H,8-9,11-12H2,1-2H3,(H,28,34)(H,32,33)(H3,24,26,27,31)/b15-10-/t17-,23-,37-/m0/s1. The second-order valence-electron chi connectivity index (χ2n) is 9.37. The second kappa shape index (κ2) is 10.5. The Bertz CT molecular complexity index is 1420. The van der Waals surface area contributed by atoms with Gasteiger partial charge in [-0.25, -0.2) is 9.55 Å². The summed E-state index contributed by atoms with van der Waals surface area (Å²) in [5.41, 5.74) is 5.34. The van der Waals surface area contributed by atoms with Crippen molar-refractivity contribution < 1.29 is 28.6 Å². The number of carbonyl (C=O) groups is 1. The molecule has 1 fully saturated rings. The Morgan fingerprint density at radius 2 is 2.11 bits per heavy atom. The van der Waals surface area contributed by atoms with Gasteiger partial charge < -0.3 is 20.5 Å². The van der Waals surface area contributed by atoms with Gasteiger partial charge in [-0.15, -0.1) is 0 Å². The number of aliphatic hydroxyl groups is 1. The molecule has 14 heteroatoms. The van der Waals surface area contributed by atoms with Crippen LogP contribution in [0.25, 0.3) is 17.4 Å². The van der Waals surface area contributed by atoms with Crippen molar-refractivity contribution in [1.82, 2.24) is 24.6 Å². The number of hydrogen-bond donors (Lipinski definition) is 5. The Labute approximate surface area is 211 Å². The highest BCUT2D eigenvalue weighted by Gasteiger charge is 2.51. The molecular weight excluding hydrogens is 503 g/mol. The van der Waals surface area contributed by atoms with Crippen LogP contribution in [0.4, 0.5) is 5.95 Å². The number of aliphatic hydroxyl groups excluding tert-OH is 1. The largest absolute Gasteiger partial charge is 0.480 e. The molecule has 1 aliphatic carbocycles. The topological polar surface area (TPSA) is 195 Å². The molecule has 0 saturated heterocycles. The molecule has 0 spiro atoms. The first-order valence-electron chi connectivity index (χ1n) is 11.6. The predicted octanol–water partition coefficient (Wildman–Crippen LogP) is 2.22. The van der Waals surface area contributed by atoms with Gasteiger partial charge in [-0.05, 0) is 36.5 Å². The van der Waals surface area contributed by atoms with Crippen LogP contribution >= 0.6 is 7.75 Å². The SMILES string of the molecule is CC(C)C[C@H](N[P@](=O)(OC[C@@]1(CO)C/C1=C/n1cnc2c(=O)[nH]c(N)nc21)Oc1ccccc1)C(=O)O. The summed E-state index contributed by atoms with van der Waals surface area (Å²) in [6.07, 6.45) is 3.63. The Balaban J connectivity index is 1.57. The van der Waals surface area contributed by atoms with Gasteiger partial charge in [0.05, 0.1) is 13.2 Å². The average molecular weight is 532 g/mol. The van der Waals surface area contributed by atoms with E-state index in [9.17, 15) is 24.4 Å². The van der Waals surface area contributed by atoms with E-state index in [-0.39, 0.29) is 48.4 Å². The number of carboxylic acids is 1. The lowest BCUT2D eigenvalue weighted by Crippen LogP contribution is -2.37. The van der Waals surface area contributed by atoms with E-state index in [1.165, 1.54) is 10.9 Å². The van der Waals surface area contributed by atoms with E-state index in [1.807, 2.05) is 13.8 Å². The summed E-state index contributed by atoms with van der Waals surface area (Å²) in [6.45, 7) is 3.14. The van der Waals surface area contributed by atoms with Gasteiger partial charge in [-0.2, -0.15) is 10.1 Å². The molecule has 3 atom stereocenters. The molecule has 3 aromatic rings. The zero-order chi connectivity index (χ0) is 26.8. The third-order valence-electron chi connectivity index (χ3n) is 5.93. The lowest BCUT2D eigenvalue weighted by molar-refractivity contribution is -0.139. The Kier molecular flexibility index (Phi) is 7.51. The normalized spacial score (nSPS) is 20.7. The number of nitrogens with two attached hydrogens (primary N) is 1. The van der Waals surface area contributed by atoms with Gasteiger partial charge in [0.25, 0.3) is 5.56 Å². The number of H-pyrrole nitrogens is 1. The number of aromatic nitrogens is 4. The van der Waals surface area contributed by atoms with Crippen molar-refractivity contribution in [3.63, 3.8) is 0 Å². The quantitative estimate of drug-likeness (QED) is 0.215. The number of nitrogen functional groups attached to an aromatic ring is 1. The van der Waals surface area contributed by atoms with E-state index in [0.717, 1.165) is 5.57 Å². The number of nitrogens with zero attached hydrogens (tertiary/aromatic N) is 3. The van der Waals surface area contributed by atoms with Crippen LogP contribution in [0.3, 0.4) is 0 Å². The summed E-state index contributed by atoms with van der Waals surface area (Å²) >= 11 is 0. The fourth-order valence-corrected chi connectivity index (χ4v) is 5.44. The summed E-state index contributed by atoms with van der Waals surface area (Å²) in [6, 6.07) is 7.08. The highest BCUT2D eigenvalue weighted by Crippen LogP contribution is 2.56. The number of anilines is 1. The number of carboxylic acid groups (broad SMARTS) is 1. The van der Waals surface area contributed by atoms with Crippen molar-refractivity contribution in [2.75, 3.05) is 18.9 Å². The molecule has 6 N–H and O–H groups in total. The monoisotopic (exact) mass is 532 g/mol. The Morgan fingerprint density at radius 3 is 2.76 bits per heavy atom. The van der Waals surface area contributed by atoms with E-state index < -0.39 is 30.7 Å². The highest BCUT2D eigenvalue weighted by molar-refractivity contribution is 7.52. The average Bonchev–Trinajstić information content (AvgIpc) is 3.38. The number of benzene rings is 1. The number of aliphatic carboxylic acids is 1. The van der Waals surface area contributed by atoms with Crippen molar-refractivity contribution in [2.45, 2.75) is 32.7 Å². The van der Waals surface area contributed by atoms with E-state index in [0.29, 0.717) is 6.42 Å². The molecule has 0 aliphatic heterocycles. The maximum atomic E-state index is 13.7. The maximum Gasteiger partial charge on any atom is 0.459 e. The van der Waals surface area contributed by atoms with Crippen molar-refractivity contribution in [3.05, 3.63) is 52.6 Å². The van der Waals surface area contributed by atoms with E-state index in [2.05, 4.69) is 20.0 Å². The molecule has 1 saturated carbocycles. The zero-order valence-corrected chi connectivity index (χ0v) is 21.2. The smallest absolute Gasteiger partial charge is 0.459 e. The predicted molar refractivity (Wildman–Crippen MR) is 136 cm³/mol. The number of imidazole rings is 1. The van der Waals surface area contributed by atoms with Crippen LogP contribution in [0.15, 0.2) is 47.0 Å². The van der Waals surface area contributed by atoms with E-state index >= 15 is 0 Å². The van der Waals surface area contributed by atoms with Crippen LogP contribution in [0.5, 0.6) is 5.75 Å². The van der Waals surface area contributed by atoms with Crippen LogP contribution in [-0.4, -0.2) is 55.0 Å². The van der Waals surface area contributed by atoms with Crippen LogP contribution in [0.2, 0.25) is 0 Å². The number of nitrogens with one attached hydrogen (secondary N) is 2. The minimum atomic E-state index is -4.19. The molecule has 0 bridgehead atoms. The molecular formula is C23H29N6O7P. The summed E-state index contributed by atoms with van der Waals surface area (Å²) < 4.78 is 26.6. The molecule has 0 amide bonds. The molecule has 2 aromatic heterocycles. The van der Waals surface area contributed by atoms with Gasteiger partial charge in [0.15, 0.2) is 11.2 Å². The van der Waals surface area contributed by atoms with Gasteiger partial charge in [-0.1, -0.05) is 32.0 Å². The van der Waals surface area contributed by atoms with Crippen LogP contribution in [0.1, 0.15) is 26.7 Å². The Hall–Kier alpha value is -3.51. The molecule has 4 rings (SSSR count). The van der Waals surface area contributed by atoms with Gasteiger partial charge in [0.1, 0.15) is 18.1 Å². The summed E-state index contributed by atoms with van der Waals surface area (Å²) in [5.74, 6) is -1.02. The minimum absolute atomic E-state index is 0.000383. The third kappa shape index (κ3) is 6.08. The van der Waals surface area contributed by atoms with Crippen LogP contribution < -0.4 is 20.9 Å². The van der Waals surface area contributed by atoms with E-state index in [4.69, 9.17) is 14.8 Å². The number of para-hydroxylation sites is 1. The van der Waals surface area contributed by atoms with Crippen LogP contribution in [0, 0.1) is 11.3 Å². The number of rotatable bonds is 12. The van der Waals surface area contributed by atoms with Crippen molar-refractivity contribution in [2.24, 2.45) is 11.3 Å². The lowest BCUT2D eigenvalue weighted by atomic mass is 10.1. The summed E-state index contributed by atoms with van der Waals surface area (Å²) in [4.78, 5) is 34.4. The Morgan fingerprint density at radius 1 is 1.38 bits per heavy atom. The summed E-state index contributed by atoms with van der Waals surface area (Å²) in [7, 11) is -4.19. The van der Waals surface area contributed by atoms with Gasteiger partial charge in [0, 0.05) is 11.6 Å².